The number of hydrazine groups is 1. The number of rotatable bonds is 4. The molecule has 2 aromatic rings. The first-order valence-corrected chi connectivity index (χ1v) is 8.39. The molecule has 0 aliphatic rings. The summed E-state index contributed by atoms with van der Waals surface area (Å²) in [5.41, 5.74) is 4.91. The molecule has 23 heavy (non-hydrogen) atoms. The smallest absolute Gasteiger partial charge is 0.286 e. The molecule has 1 aromatic carbocycles. The number of benzene rings is 1. The number of hydrogen-bond acceptors (Lipinski definition) is 3. The van der Waals surface area contributed by atoms with Crippen LogP contribution in [0, 0.1) is 0 Å². The van der Waals surface area contributed by atoms with Crippen LogP contribution in [0.15, 0.2) is 39.4 Å². The molecule has 1 heterocycles. The van der Waals surface area contributed by atoms with Gasteiger partial charge in [-0.05, 0) is 63.0 Å². The molecule has 0 aliphatic heterocycles. The zero-order valence-electron chi connectivity index (χ0n) is 11.8. The van der Waals surface area contributed by atoms with E-state index in [1.807, 2.05) is 0 Å². The van der Waals surface area contributed by atoms with Crippen LogP contribution in [0.2, 0.25) is 5.02 Å². The lowest BCUT2D eigenvalue weighted by atomic mass is 10.3. The third-order valence-corrected chi connectivity index (χ3v) is 4.07. The first-order chi connectivity index (χ1) is 10.9. The van der Waals surface area contributed by atoms with Crippen molar-refractivity contribution in [2.75, 3.05) is 0 Å². The predicted molar refractivity (Wildman–Crippen MR) is 93.3 cm³/mol. The molecule has 122 valence electrons. The van der Waals surface area contributed by atoms with Crippen molar-refractivity contribution in [2.24, 2.45) is 0 Å². The van der Waals surface area contributed by atoms with E-state index in [0.29, 0.717) is 20.9 Å². The summed E-state index contributed by atoms with van der Waals surface area (Å²) in [4.78, 5) is 26.5. The summed E-state index contributed by atoms with van der Waals surface area (Å²) in [5, 5.41) is 0.547. The molecule has 0 fully saturated rings. The van der Waals surface area contributed by atoms with Crippen LogP contribution in [-0.4, -0.2) is 22.9 Å². The molecule has 0 radical (unpaired) electrons. The van der Waals surface area contributed by atoms with Gasteiger partial charge in [-0.25, -0.2) is 0 Å². The van der Waals surface area contributed by atoms with Gasteiger partial charge in [-0.2, -0.15) is 0 Å². The summed E-state index contributed by atoms with van der Waals surface area (Å²) in [5.74, 6) is -0.494. The van der Waals surface area contributed by atoms with E-state index in [4.69, 9.17) is 16.3 Å². The molecule has 0 saturated heterocycles. The number of carbonyl (C=O) groups is 2. The van der Waals surface area contributed by atoms with Gasteiger partial charge < -0.3 is 9.72 Å². The summed E-state index contributed by atoms with van der Waals surface area (Å²) in [6.45, 7) is 1.56. The third-order valence-electron chi connectivity index (χ3n) is 2.76. The van der Waals surface area contributed by atoms with Crippen LogP contribution in [0.1, 0.15) is 17.4 Å². The second-order valence-corrected chi connectivity index (χ2v) is 6.72. The minimum absolute atomic E-state index is 0.311. The molecule has 2 rings (SSSR count). The van der Waals surface area contributed by atoms with E-state index in [1.165, 1.54) is 0 Å². The average molecular weight is 466 g/mol. The second kappa shape index (κ2) is 7.85. The fourth-order valence-corrected chi connectivity index (χ4v) is 2.72. The Labute approximate surface area is 154 Å². The van der Waals surface area contributed by atoms with Crippen LogP contribution in [0.25, 0.3) is 0 Å². The Kier molecular flexibility index (Phi) is 6.09. The van der Waals surface area contributed by atoms with E-state index < -0.39 is 17.9 Å². The van der Waals surface area contributed by atoms with Gasteiger partial charge in [0.1, 0.15) is 11.4 Å². The highest BCUT2D eigenvalue weighted by Crippen LogP contribution is 2.28. The normalized spacial score (nSPS) is 11.7. The van der Waals surface area contributed by atoms with E-state index in [9.17, 15) is 9.59 Å². The number of halogens is 3. The molecule has 3 N–H and O–H groups in total. The molecule has 2 amide bonds. The SMILES string of the molecule is CC(Oc1ccc(Cl)cc1Br)C(=O)NNC(=O)c1cc(Br)c[nH]1. The van der Waals surface area contributed by atoms with Crippen molar-refractivity contribution in [3.63, 3.8) is 0 Å². The van der Waals surface area contributed by atoms with E-state index in [-0.39, 0.29) is 0 Å². The lowest BCUT2D eigenvalue weighted by Gasteiger charge is -2.16. The summed E-state index contributed by atoms with van der Waals surface area (Å²) >= 11 is 12.4. The van der Waals surface area contributed by atoms with Crippen LogP contribution >= 0.6 is 43.5 Å². The highest BCUT2D eigenvalue weighted by atomic mass is 79.9. The quantitative estimate of drug-likeness (QED) is 0.605. The lowest BCUT2D eigenvalue weighted by Crippen LogP contribution is -2.47. The minimum atomic E-state index is -0.817. The van der Waals surface area contributed by atoms with Gasteiger partial charge in [0.15, 0.2) is 6.10 Å². The lowest BCUT2D eigenvalue weighted by molar-refractivity contribution is -0.128. The predicted octanol–water partition coefficient (Wildman–Crippen LogP) is 3.42. The fourth-order valence-electron chi connectivity index (χ4n) is 1.60. The number of H-pyrrole nitrogens is 1. The average Bonchev–Trinajstić information content (AvgIpc) is 2.93. The number of nitrogens with one attached hydrogen (secondary N) is 3. The molecule has 0 spiro atoms. The molecule has 9 heteroatoms. The number of amides is 2. The van der Waals surface area contributed by atoms with E-state index in [2.05, 4.69) is 47.7 Å². The van der Waals surface area contributed by atoms with Crippen molar-refractivity contribution in [2.45, 2.75) is 13.0 Å². The van der Waals surface area contributed by atoms with Crippen molar-refractivity contribution in [3.8, 4) is 5.75 Å². The molecule has 1 aromatic heterocycles. The van der Waals surface area contributed by atoms with Gasteiger partial charge in [0.2, 0.25) is 0 Å². The van der Waals surface area contributed by atoms with Gasteiger partial charge in [-0.3, -0.25) is 20.4 Å². The van der Waals surface area contributed by atoms with Gasteiger partial charge in [0.25, 0.3) is 11.8 Å². The number of aromatic nitrogens is 1. The Hall–Kier alpha value is -1.51. The van der Waals surface area contributed by atoms with Crippen LogP contribution in [-0.2, 0) is 4.79 Å². The largest absolute Gasteiger partial charge is 0.480 e. The zero-order chi connectivity index (χ0) is 17.0. The molecular formula is C14H12Br2ClN3O3. The Morgan fingerprint density at radius 3 is 2.61 bits per heavy atom. The second-order valence-electron chi connectivity index (χ2n) is 4.51. The number of ether oxygens (including phenoxy) is 1. The number of aromatic amines is 1. The summed E-state index contributed by atoms with van der Waals surface area (Å²) in [6.07, 6.45) is 0.795. The van der Waals surface area contributed by atoms with Gasteiger partial charge in [0.05, 0.1) is 4.47 Å². The first kappa shape index (κ1) is 17.8. The maximum absolute atomic E-state index is 12.0. The van der Waals surface area contributed by atoms with Crippen molar-refractivity contribution in [3.05, 3.63) is 50.1 Å². The molecule has 1 unspecified atom stereocenters. The maximum Gasteiger partial charge on any atom is 0.286 e. The van der Waals surface area contributed by atoms with Gasteiger partial charge >= 0.3 is 0 Å². The molecule has 0 saturated carbocycles. The highest BCUT2D eigenvalue weighted by Gasteiger charge is 2.17. The van der Waals surface area contributed by atoms with Crippen molar-refractivity contribution in [1.29, 1.82) is 0 Å². The Morgan fingerprint density at radius 1 is 1.26 bits per heavy atom. The van der Waals surface area contributed by atoms with Crippen LogP contribution in [0.4, 0.5) is 0 Å². The molecule has 0 aliphatic carbocycles. The van der Waals surface area contributed by atoms with E-state index in [0.717, 1.165) is 4.47 Å². The minimum Gasteiger partial charge on any atom is -0.480 e. The standard InChI is InChI=1S/C14H12Br2ClN3O3/c1-7(23-12-3-2-9(17)5-10(12)16)13(21)19-20-14(22)11-4-8(15)6-18-11/h2-7,18H,1H3,(H,19,21)(H,20,22). The summed E-state index contributed by atoms with van der Waals surface area (Å²) in [7, 11) is 0. The Bertz CT molecular complexity index is 736. The first-order valence-electron chi connectivity index (χ1n) is 6.42. The van der Waals surface area contributed by atoms with Crippen molar-refractivity contribution >= 4 is 55.3 Å². The van der Waals surface area contributed by atoms with Crippen LogP contribution < -0.4 is 15.6 Å². The Morgan fingerprint density at radius 2 is 2.00 bits per heavy atom. The number of hydrogen-bond donors (Lipinski definition) is 3. The summed E-state index contributed by atoms with van der Waals surface area (Å²) in [6, 6.07) is 6.54. The summed E-state index contributed by atoms with van der Waals surface area (Å²) < 4.78 is 6.88. The highest BCUT2D eigenvalue weighted by molar-refractivity contribution is 9.10. The van der Waals surface area contributed by atoms with Gasteiger partial charge in [-0.15, -0.1) is 0 Å². The third kappa shape index (κ3) is 4.98. The van der Waals surface area contributed by atoms with Crippen LogP contribution in [0.5, 0.6) is 5.75 Å². The maximum atomic E-state index is 12.0. The molecule has 1 atom stereocenters. The monoisotopic (exact) mass is 463 g/mol. The van der Waals surface area contributed by atoms with Gasteiger partial charge in [0, 0.05) is 15.7 Å². The molecule has 6 nitrogen and oxygen atoms in total. The van der Waals surface area contributed by atoms with E-state index in [1.54, 1.807) is 37.4 Å². The number of carbonyl (C=O) groups excluding carboxylic acids is 2. The van der Waals surface area contributed by atoms with Crippen LogP contribution in [0.3, 0.4) is 0 Å². The Balaban J connectivity index is 1.88. The van der Waals surface area contributed by atoms with Crippen molar-refractivity contribution < 1.29 is 14.3 Å². The van der Waals surface area contributed by atoms with Gasteiger partial charge in [-0.1, -0.05) is 11.6 Å². The topological polar surface area (TPSA) is 83.2 Å². The zero-order valence-corrected chi connectivity index (χ0v) is 15.8. The molecular weight excluding hydrogens is 453 g/mol. The fraction of sp³-hybridized carbons (Fsp3) is 0.143. The van der Waals surface area contributed by atoms with E-state index >= 15 is 0 Å². The molecule has 0 bridgehead atoms. The van der Waals surface area contributed by atoms with Crippen molar-refractivity contribution in [1.82, 2.24) is 15.8 Å².